The van der Waals surface area contributed by atoms with E-state index in [0.717, 1.165) is 61.9 Å². The van der Waals surface area contributed by atoms with Gasteiger partial charge in [0.05, 0.1) is 11.5 Å². The molecule has 2 heterocycles. The number of amides is 2. The van der Waals surface area contributed by atoms with Crippen LogP contribution in [0.1, 0.15) is 78.2 Å². The maximum atomic E-state index is 13.8. The molecule has 0 bridgehead atoms. The molecule has 1 N–H and O–H groups in total. The normalized spacial score (nSPS) is 22.8. The minimum Gasteiger partial charge on any atom is -0.377 e. The Morgan fingerprint density at radius 2 is 1.94 bits per heavy atom. The molecule has 1 spiro atoms. The molecule has 8 heteroatoms. The number of carbonyl (C=O) groups is 2. The van der Waals surface area contributed by atoms with E-state index in [-0.39, 0.29) is 17.9 Å². The summed E-state index contributed by atoms with van der Waals surface area (Å²) in [5, 5.41) is 12.4. The van der Waals surface area contributed by atoms with Gasteiger partial charge in [0.2, 0.25) is 11.0 Å². The average Bonchev–Trinajstić information content (AvgIpc) is 3.53. The molecule has 0 saturated heterocycles. The molecule has 2 saturated carbocycles. The number of anilines is 1. The minimum absolute atomic E-state index is 0.0926. The van der Waals surface area contributed by atoms with Crippen molar-refractivity contribution >= 4 is 28.3 Å². The van der Waals surface area contributed by atoms with Crippen molar-refractivity contribution in [3.8, 4) is 0 Å². The molecular formula is C23H28N4O3S. The van der Waals surface area contributed by atoms with Crippen LogP contribution in [-0.4, -0.2) is 45.6 Å². The Labute approximate surface area is 186 Å². The molecule has 164 valence electrons. The maximum absolute atomic E-state index is 13.8. The van der Waals surface area contributed by atoms with E-state index in [2.05, 4.69) is 20.4 Å². The summed E-state index contributed by atoms with van der Waals surface area (Å²) >= 11 is 1.33. The molecule has 31 heavy (non-hydrogen) atoms. The Morgan fingerprint density at radius 3 is 2.68 bits per heavy atom. The molecule has 2 fully saturated rings. The van der Waals surface area contributed by atoms with Gasteiger partial charge in [-0.25, -0.2) is 0 Å². The third-order valence-electron chi connectivity index (χ3n) is 7.12. The summed E-state index contributed by atoms with van der Waals surface area (Å²) in [6.45, 7) is 0.369. The number of rotatable bonds is 5. The first kappa shape index (κ1) is 20.6. The molecule has 0 unspecified atom stereocenters. The summed E-state index contributed by atoms with van der Waals surface area (Å²) in [5.41, 5.74) is 1.07. The van der Waals surface area contributed by atoms with Crippen LogP contribution in [0, 0.1) is 0 Å². The van der Waals surface area contributed by atoms with Crippen LogP contribution >= 0.6 is 11.3 Å². The average molecular weight is 441 g/mol. The highest BCUT2D eigenvalue weighted by molar-refractivity contribution is 7.15. The van der Waals surface area contributed by atoms with Crippen molar-refractivity contribution in [3.63, 3.8) is 0 Å². The Hall–Kier alpha value is -2.32. The number of methoxy groups -OCH3 is 1. The van der Waals surface area contributed by atoms with Crippen LogP contribution in [-0.2, 0) is 16.1 Å². The van der Waals surface area contributed by atoms with E-state index >= 15 is 0 Å². The lowest BCUT2D eigenvalue weighted by Gasteiger charge is -2.52. The lowest BCUT2D eigenvalue weighted by Crippen LogP contribution is -2.62. The first-order chi connectivity index (χ1) is 15.1. The van der Waals surface area contributed by atoms with Crippen LogP contribution in [0.15, 0.2) is 24.3 Å². The van der Waals surface area contributed by atoms with Crippen molar-refractivity contribution in [1.29, 1.82) is 0 Å². The standard InChI is InChI=1S/C23H28N4O3S/c1-30-14-18-25-26-22(31-18)24-20(28)19-16-10-4-5-11-17(16)21(29)27(15-8-2-3-9-15)23(19)12-6-7-13-23/h4-5,10-11,15,19H,2-3,6-9,12-14H2,1H3,(H,24,26,28)/t19-/m1/s1. The van der Waals surface area contributed by atoms with Crippen LogP contribution < -0.4 is 5.32 Å². The fourth-order valence-electron chi connectivity index (χ4n) is 5.96. The van der Waals surface area contributed by atoms with E-state index in [1.807, 2.05) is 24.3 Å². The zero-order valence-electron chi connectivity index (χ0n) is 17.8. The number of nitrogens with zero attached hydrogens (tertiary/aromatic N) is 3. The Kier molecular flexibility index (Phi) is 5.52. The predicted octanol–water partition coefficient (Wildman–Crippen LogP) is 4.12. The third kappa shape index (κ3) is 3.46. The molecule has 1 aromatic carbocycles. The molecule has 1 aliphatic heterocycles. The van der Waals surface area contributed by atoms with Gasteiger partial charge < -0.3 is 9.64 Å². The summed E-state index contributed by atoms with van der Waals surface area (Å²) < 4.78 is 5.12. The fourth-order valence-corrected chi connectivity index (χ4v) is 6.68. The van der Waals surface area contributed by atoms with Crippen molar-refractivity contribution < 1.29 is 14.3 Å². The quantitative estimate of drug-likeness (QED) is 0.756. The van der Waals surface area contributed by atoms with Crippen LogP contribution in [0.3, 0.4) is 0 Å². The van der Waals surface area contributed by atoms with E-state index in [4.69, 9.17) is 4.74 Å². The molecule has 2 aliphatic carbocycles. The van der Waals surface area contributed by atoms with E-state index in [0.29, 0.717) is 17.3 Å². The van der Waals surface area contributed by atoms with Crippen LogP contribution in [0.4, 0.5) is 5.13 Å². The summed E-state index contributed by atoms with van der Waals surface area (Å²) in [6, 6.07) is 7.89. The van der Waals surface area contributed by atoms with Gasteiger partial charge in [-0.2, -0.15) is 0 Å². The van der Waals surface area contributed by atoms with Crippen molar-refractivity contribution in [3.05, 3.63) is 40.4 Å². The largest absolute Gasteiger partial charge is 0.377 e. The van der Waals surface area contributed by atoms with E-state index in [1.54, 1.807) is 7.11 Å². The number of benzene rings is 1. The molecule has 2 amide bonds. The Morgan fingerprint density at radius 1 is 1.19 bits per heavy atom. The predicted molar refractivity (Wildman–Crippen MR) is 118 cm³/mol. The Balaban J connectivity index is 1.56. The molecule has 3 aliphatic rings. The number of ether oxygens (including phenoxy) is 1. The first-order valence-electron chi connectivity index (χ1n) is 11.2. The van der Waals surface area contributed by atoms with Gasteiger partial charge in [0.15, 0.2) is 0 Å². The van der Waals surface area contributed by atoms with Gasteiger partial charge >= 0.3 is 0 Å². The summed E-state index contributed by atoms with van der Waals surface area (Å²) in [4.78, 5) is 29.6. The molecule has 1 atom stereocenters. The molecule has 0 radical (unpaired) electrons. The number of fused-ring (bicyclic) bond motifs is 1. The molecule has 7 nitrogen and oxygen atoms in total. The smallest absolute Gasteiger partial charge is 0.254 e. The van der Waals surface area contributed by atoms with E-state index in [9.17, 15) is 9.59 Å². The molecule has 5 rings (SSSR count). The van der Waals surface area contributed by atoms with Gasteiger partial charge in [-0.3, -0.25) is 14.9 Å². The lowest BCUT2D eigenvalue weighted by atomic mass is 9.70. The highest BCUT2D eigenvalue weighted by Gasteiger charge is 2.57. The highest BCUT2D eigenvalue weighted by Crippen LogP contribution is 2.52. The molecule has 2 aromatic rings. The summed E-state index contributed by atoms with van der Waals surface area (Å²) in [5.74, 6) is -0.393. The van der Waals surface area contributed by atoms with Crippen LogP contribution in [0.5, 0.6) is 0 Å². The van der Waals surface area contributed by atoms with Gasteiger partial charge in [0, 0.05) is 18.7 Å². The second-order valence-electron chi connectivity index (χ2n) is 8.87. The summed E-state index contributed by atoms with van der Waals surface area (Å²) in [7, 11) is 1.61. The molecular weight excluding hydrogens is 412 g/mol. The second kappa shape index (κ2) is 8.31. The zero-order valence-corrected chi connectivity index (χ0v) is 18.6. The van der Waals surface area contributed by atoms with Gasteiger partial charge in [-0.15, -0.1) is 10.2 Å². The van der Waals surface area contributed by atoms with E-state index in [1.165, 1.54) is 11.3 Å². The first-order valence-corrected chi connectivity index (χ1v) is 12.0. The topological polar surface area (TPSA) is 84.4 Å². The van der Waals surface area contributed by atoms with Gasteiger partial charge in [-0.05, 0) is 37.3 Å². The fraction of sp³-hybridized carbons (Fsp3) is 0.565. The zero-order chi connectivity index (χ0) is 21.4. The minimum atomic E-state index is -0.454. The van der Waals surface area contributed by atoms with Crippen LogP contribution in [0.2, 0.25) is 0 Å². The lowest BCUT2D eigenvalue weighted by molar-refractivity contribution is -0.121. The van der Waals surface area contributed by atoms with Crippen molar-refractivity contribution in [2.24, 2.45) is 0 Å². The number of aromatic nitrogens is 2. The summed E-state index contributed by atoms with van der Waals surface area (Å²) in [6.07, 6.45) is 8.17. The molecule has 1 aromatic heterocycles. The monoisotopic (exact) mass is 440 g/mol. The van der Waals surface area contributed by atoms with Crippen molar-refractivity contribution in [2.45, 2.75) is 75.5 Å². The Bertz CT molecular complexity index is 979. The number of carbonyl (C=O) groups excluding carboxylic acids is 2. The van der Waals surface area contributed by atoms with Crippen molar-refractivity contribution in [1.82, 2.24) is 15.1 Å². The van der Waals surface area contributed by atoms with E-state index < -0.39 is 11.5 Å². The number of hydrogen-bond acceptors (Lipinski definition) is 6. The maximum Gasteiger partial charge on any atom is 0.254 e. The SMILES string of the molecule is COCc1nnc(NC(=O)[C@H]2c3ccccc3C(=O)N(C3CCCC3)C23CCCC3)s1. The van der Waals surface area contributed by atoms with Gasteiger partial charge in [-0.1, -0.05) is 55.2 Å². The van der Waals surface area contributed by atoms with Crippen molar-refractivity contribution in [2.75, 3.05) is 12.4 Å². The third-order valence-corrected chi connectivity index (χ3v) is 7.94. The number of nitrogens with one attached hydrogen (secondary N) is 1. The van der Waals surface area contributed by atoms with Gasteiger partial charge in [0.1, 0.15) is 11.6 Å². The highest BCUT2D eigenvalue weighted by atomic mass is 32.1. The van der Waals surface area contributed by atoms with Gasteiger partial charge in [0.25, 0.3) is 5.91 Å². The van der Waals surface area contributed by atoms with Crippen LogP contribution in [0.25, 0.3) is 0 Å². The second-order valence-corrected chi connectivity index (χ2v) is 9.93. The number of hydrogen-bond donors (Lipinski definition) is 1.